The van der Waals surface area contributed by atoms with E-state index >= 15 is 0 Å². The molecular formula is C12H16O3. The standard InChI is InChI=1S/C12H16O3/c1-2-14-12(13)15-10-6-9-11-7-4-3-5-8-11/h3-5,7-8H,2,6,9-10H2,1H3. The minimum absolute atomic E-state index is 0.359. The summed E-state index contributed by atoms with van der Waals surface area (Å²) in [5.74, 6) is 0. The fraction of sp³-hybridized carbons (Fsp3) is 0.417. The van der Waals surface area contributed by atoms with Crippen LogP contribution in [0.1, 0.15) is 18.9 Å². The van der Waals surface area contributed by atoms with Crippen molar-refractivity contribution < 1.29 is 14.3 Å². The molecule has 1 rings (SSSR count). The molecule has 0 spiro atoms. The molecule has 0 aliphatic rings. The van der Waals surface area contributed by atoms with Crippen molar-refractivity contribution in [3.8, 4) is 0 Å². The van der Waals surface area contributed by atoms with E-state index < -0.39 is 6.16 Å². The molecule has 0 saturated heterocycles. The van der Waals surface area contributed by atoms with Crippen LogP contribution in [0.3, 0.4) is 0 Å². The van der Waals surface area contributed by atoms with Crippen molar-refractivity contribution in [2.24, 2.45) is 0 Å². The lowest BCUT2D eigenvalue weighted by Crippen LogP contribution is -2.08. The van der Waals surface area contributed by atoms with Crippen molar-refractivity contribution in [2.75, 3.05) is 13.2 Å². The number of carbonyl (C=O) groups is 1. The van der Waals surface area contributed by atoms with Gasteiger partial charge in [0.15, 0.2) is 0 Å². The van der Waals surface area contributed by atoms with Gasteiger partial charge >= 0.3 is 6.16 Å². The fourth-order valence-corrected chi connectivity index (χ4v) is 1.24. The van der Waals surface area contributed by atoms with Gasteiger partial charge in [-0.25, -0.2) is 4.79 Å². The largest absolute Gasteiger partial charge is 0.508 e. The lowest BCUT2D eigenvalue weighted by Gasteiger charge is -2.04. The van der Waals surface area contributed by atoms with Crippen molar-refractivity contribution in [3.05, 3.63) is 35.9 Å². The maximum Gasteiger partial charge on any atom is 0.508 e. The Morgan fingerprint density at radius 2 is 1.93 bits per heavy atom. The first kappa shape index (κ1) is 11.6. The lowest BCUT2D eigenvalue weighted by atomic mass is 10.1. The Kier molecular flexibility index (Phi) is 5.30. The molecule has 82 valence electrons. The lowest BCUT2D eigenvalue weighted by molar-refractivity contribution is 0.0584. The third kappa shape index (κ3) is 5.05. The highest BCUT2D eigenvalue weighted by molar-refractivity contribution is 5.59. The predicted molar refractivity (Wildman–Crippen MR) is 57.7 cm³/mol. The Hall–Kier alpha value is -1.51. The summed E-state index contributed by atoms with van der Waals surface area (Å²) in [5.41, 5.74) is 1.25. The molecule has 1 aromatic carbocycles. The monoisotopic (exact) mass is 208 g/mol. The first-order chi connectivity index (χ1) is 7.33. The van der Waals surface area contributed by atoms with E-state index in [0.29, 0.717) is 13.2 Å². The summed E-state index contributed by atoms with van der Waals surface area (Å²) in [5, 5.41) is 0. The van der Waals surface area contributed by atoms with Gasteiger partial charge in [0, 0.05) is 0 Å². The molecule has 0 N–H and O–H groups in total. The average molecular weight is 208 g/mol. The van der Waals surface area contributed by atoms with E-state index in [4.69, 9.17) is 4.74 Å². The number of hydrogen-bond donors (Lipinski definition) is 0. The van der Waals surface area contributed by atoms with E-state index in [1.54, 1.807) is 6.92 Å². The average Bonchev–Trinajstić information content (AvgIpc) is 2.26. The Morgan fingerprint density at radius 1 is 1.20 bits per heavy atom. The molecule has 0 atom stereocenters. The zero-order chi connectivity index (χ0) is 10.9. The van der Waals surface area contributed by atoms with Crippen LogP contribution < -0.4 is 0 Å². The van der Waals surface area contributed by atoms with Crippen LogP contribution in [0.25, 0.3) is 0 Å². The van der Waals surface area contributed by atoms with Gasteiger partial charge in [-0.2, -0.15) is 0 Å². The molecule has 0 aliphatic heterocycles. The predicted octanol–water partition coefficient (Wildman–Crippen LogP) is 2.79. The Bertz CT molecular complexity index is 282. The number of hydrogen-bond acceptors (Lipinski definition) is 3. The molecule has 15 heavy (non-hydrogen) atoms. The number of benzene rings is 1. The summed E-state index contributed by atoms with van der Waals surface area (Å²) < 4.78 is 9.48. The summed E-state index contributed by atoms with van der Waals surface area (Å²) in [6.45, 7) is 2.52. The fourth-order valence-electron chi connectivity index (χ4n) is 1.24. The molecule has 3 nitrogen and oxygen atoms in total. The van der Waals surface area contributed by atoms with Crippen LogP contribution >= 0.6 is 0 Å². The molecular weight excluding hydrogens is 192 g/mol. The van der Waals surface area contributed by atoms with Gasteiger partial charge in [-0.3, -0.25) is 0 Å². The van der Waals surface area contributed by atoms with Crippen molar-refractivity contribution in [2.45, 2.75) is 19.8 Å². The van der Waals surface area contributed by atoms with Gasteiger partial charge in [0.2, 0.25) is 0 Å². The van der Waals surface area contributed by atoms with Crippen molar-refractivity contribution in [1.29, 1.82) is 0 Å². The summed E-state index contributed by atoms with van der Waals surface area (Å²) in [6.07, 6.45) is 1.16. The minimum atomic E-state index is -0.578. The van der Waals surface area contributed by atoms with Gasteiger partial charge in [-0.05, 0) is 25.3 Å². The van der Waals surface area contributed by atoms with Gasteiger partial charge in [0.1, 0.15) is 0 Å². The normalized spacial score (nSPS) is 9.67. The molecule has 1 aromatic rings. The molecule has 0 saturated carbocycles. The number of ether oxygens (including phenoxy) is 2. The second-order valence-electron chi connectivity index (χ2n) is 3.12. The smallest absolute Gasteiger partial charge is 0.435 e. The van der Waals surface area contributed by atoms with Crippen LogP contribution in [-0.2, 0) is 15.9 Å². The minimum Gasteiger partial charge on any atom is -0.435 e. The summed E-state index contributed by atoms with van der Waals surface area (Å²) in [6, 6.07) is 10.1. The van der Waals surface area contributed by atoms with E-state index in [1.807, 2.05) is 18.2 Å². The zero-order valence-electron chi connectivity index (χ0n) is 8.94. The van der Waals surface area contributed by atoms with Crippen molar-refractivity contribution >= 4 is 6.16 Å². The zero-order valence-corrected chi connectivity index (χ0v) is 8.94. The number of aryl methyl sites for hydroxylation is 1. The highest BCUT2D eigenvalue weighted by Gasteiger charge is 2.00. The molecule has 0 fully saturated rings. The van der Waals surface area contributed by atoms with Crippen LogP contribution in [0.15, 0.2) is 30.3 Å². The molecule has 0 aromatic heterocycles. The van der Waals surface area contributed by atoms with Gasteiger partial charge in [0.05, 0.1) is 13.2 Å². The molecule has 0 heterocycles. The van der Waals surface area contributed by atoms with Crippen LogP contribution in [0.2, 0.25) is 0 Å². The molecule has 3 heteroatoms. The SMILES string of the molecule is CCOC(=O)OCCCc1ccccc1. The molecule has 0 radical (unpaired) electrons. The van der Waals surface area contributed by atoms with Crippen LogP contribution in [0.5, 0.6) is 0 Å². The van der Waals surface area contributed by atoms with E-state index in [1.165, 1.54) is 5.56 Å². The van der Waals surface area contributed by atoms with Crippen molar-refractivity contribution in [3.63, 3.8) is 0 Å². The number of rotatable bonds is 5. The molecule has 0 amide bonds. The van der Waals surface area contributed by atoms with Crippen LogP contribution in [0, 0.1) is 0 Å². The number of carbonyl (C=O) groups excluding carboxylic acids is 1. The van der Waals surface area contributed by atoms with Crippen molar-refractivity contribution in [1.82, 2.24) is 0 Å². The summed E-state index contributed by atoms with van der Waals surface area (Å²) >= 11 is 0. The maximum atomic E-state index is 10.8. The van der Waals surface area contributed by atoms with Gasteiger partial charge in [-0.1, -0.05) is 30.3 Å². The van der Waals surface area contributed by atoms with Gasteiger partial charge in [0.25, 0.3) is 0 Å². The van der Waals surface area contributed by atoms with E-state index in [-0.39, 0.29) is 0 Å². The van der Waals surface area contributed by atoms with E-state index in [2.05, 4.69) is 16.9 Å². The highest BCUT2D eigenvalue weighted by atomic mass is 16.7. The summed E-state index contributed by atoms with van der Waals surface area (Å²) in [7, 11) is 0. The third-order valence-corrected chi connectivity index (χ3v) is 1.93. The first-order valence-electron chi connectivity index (χ1n) is 5.16. The van der Waals surface area contributed by atoms with Crippen LogP contribution in [0.4, 0.5) is 4.79 Å². The molecule has 0 bridgehead atoms. The Morgan fingerprint density at radius 3 is 2.60 bits per heavy atom. The maximum absolute atomic E-state index is 10.8. The van der Waals surface area contributed by atoms with Gasteiger partial charge < -0.3 is 9.47 Å². The quantitative estimate of drug-likeness (QED) is 0.551. The molecule has 0 aliphatic carbocycles. The topological polar surface area (TPSA) is 35.5 Å². The Labute approximate surface area is 90.0 Å². The van der Waals surface area contributed by atoms with E-state index in [0.717, 1.165) is 12.8 Å². The van der Waals surface area contributed by atoms with Gasteiger partial charge in [-0.15, -0.1) is 0 Å². The van der Waals surface area contributed by atoms with E-state index in [9.17, 15) is 4.79 Å². The second kappa shape index (κ2) is 6.87. The molecule has 0 unspecified atom stereocenters. The second-order valence-corrected chi connectivity index (χ2v) is 3.12. The highest BCUT2D eigenvalue weighted by Crippen LogP contribution is 2.02. The summed E-state index contributed by atoms with van der Waals surface area (Å²) in [4.78, 5) is 10.8. The van der Waals surface area contributed by atoms with Crippen LogP contribution in [-0.4, -0.2) is 19.4 Å². The first-order valence-corrected chi connectivity index (χ1v) is 5.16. The third-order valence-electron chi connectivity index (χ3n) is 1.93. The Balaban J connectivity index is 2.10.